The van der Waals surface area contributed by atoms with Crippen LogP contribution in [-0.2, 0) is 14.8 Å². The number of hydrogen-bond donors (Lipinski definition) is 1. The number of carbonyl (C=O) groups is 1. The fraction of sp³-hybridized carbons (Fsp3) is 0.533. The van der Waals surface area contributed by atoms with Crippen molar-refractivity contribution in [3.8, 4) is 0 Å². The van der Waals surface area contributed by atoms with E-state index in [1.54, 1.807) is 13.8 Å². The molecule has 0 atom stereocenters. The van der Waals surface area contributed by atoms with Crippen molar-refractivity contribution >= 4 is 21.6 Å². The zero-order valence-electron chi connectivity index (χ0n) is 13.3. The summed E-state index contributed by atoms with van der Waals surface area (Å²) in [7, 11) is -3.40. The lowest BCUT2D eigenvalue weighted by Gasteiger charge is -2.26. The number of nitrogens with one attached hydrogen (secondary N) is 1. The van der Waals surface area contributed by atoms with Gasteiger partial charge in [-0.15, -0.1) is 0 Å². The molecule has 1 rings (SSSR count). The topological polar surface area (TPSA) is 66.5 Å². The molecule has 1 amide bonds. The molecule has 1 aromatic rings. The van der Waals surface area contributed by atoms with E-state index in [0.29, 0.717) is 5.69 Å². The van der Waals surface area contributed by atoms with Crippen LogP contribution in [0.5, 0.6) is 0 Å². The standard InChI is InChI=1S/C15H24N2O3S/c1-11(2)15(18)16-9-10-17(21(5,19)20)14-12(3)7-6-8-13(14)4/h6-8,11H,9-10H2,1-5H3,(H,16,18). The largest absolute Gasteiger partial charge is 0.354 e. The normalized spacial score (nSPS) is 11.5. The minimum Gasteiger partial charge on any atom is -0.354 e. The third-order valence-corrected chi connectivity index (χ3v) is 4.39. The predicted molar refractivity (Wildman–Crippen MR) is 86.0 cm³/mol. The number of para-hydroxylation sites is 1. The summed E-state index contributed by atoms with van der Waals surface area (Å²) < 4.78 is 25.5. The van der Waals surface area contributed by atoms with Crippen LogP contribution in [0, 0.1) is 19.8 Å². The molecule has 0 heterocycles. The number of amides is 1. The summed E-state index contributed by atoms with van der Waals surface area (Å²) in [4.78, 5) is 11.6. The molecule has 1 N–H and O–H groups in total. The average molecular weight is 312 g/mol. The van der Waals surface area contributed by atoms with Crippen molar-refractivity contribution < 1.29 is 13.2 Å². The Hall–Kier alpha value is -1.56. The van der Waals surface area contributed by atoms with E-state index in [2.05, 4.69) is 5.32 Å². The molecule has 0 saturated heterocycles. The van der Waals surface area contributed by atoms with Gasteiger partial charge in [0.05, 0.1) is 18.5 Å². The van der Waals surface area contributed by atoms with Gasteiger partial charge in [-0.2, -0.15) is 0 Å². The van der Waals surface area contributed by atoms with Crippen LogP contribution in [0.1, 0.15) is 25.0 Å². The van der Waals surface area contributed by atoms with Crippen molar-refractivity contribution in [2.24, 2.45) is 5.92 Å². The van der Waals surface area contributed by atoms with Crippen molar-refractivity contribution in [1.82, 2.24) is 5.32 Å². The molecule has 0 bridgehead atoms. The van der Waals surface area contributed by atoms with E-state index in [9.17, 15) is 13.2 Å². The Bertz CT molecular complexity index is 589. The molecular formula is C15H24N2O3S. The summed E-state index contributed by atoms with van der Waals surface area (Å²) in [5, 5.41) is 2.75. The summed E-state index contributed by atoms with van der Waals surface area (Å²) in [5.41, 5.74) is 2.49. The van der Waals surface area contributed by atoms with Crippen LogP contribution >= 0.6 is 0 Å². The van der Waals surface area contributed by atoms with Crippen molar-refractivity contribution in [1.29, 1.82) is 0 Å². The molecule has 21 heavy (non-hydrogen) atoms. The fourth-order valence-electron chi connectivity index (χ4n) is 2.13. The van der Waals surface area contributed by atoms with Crippen LogP contribution in [0.15, 0.2) is 18.2 Å². The molecular weight excluding hydrogens is 288 g/mol. The maximum atomic E-state index is 12.1. The quantitative estimate of drug-likeness (QED) is 0.871. The second-order valence-corrected chi connectivity index (χ2v) is 7.43. The Kier molecular flexibility index (Phi) is 5.78. The highest BCUT2D eigenvalue weighted by Crippen LogP contribution is 2.26. The van der Waals surface area contributed by atoms with Crippen LogP contribution in [0.4, 0.5) is 5.69 Å². The first-order valence-corrected chi connectivity index (χ1v) is 8.81. The van der Waals surface area contributed by atoms with E-state index in [1.807, 2.05) is 32.0 Å². The molecule has 5 nitrogen and oxygen atoms in total. The minimum absolute atomic E-state index is 0.0787. The first-order chi connectivity index (χ1) is 9.64. The summed E-state index contributed by atoms with van der Waals surface area (Å²) in [6.07, 6.45) is 1.18. The second kappa shape index (κ2) is 6.93. The lowest BCUT2D eigenvalue weighted by Crippen LogP contribution is -2.39. The molecule has 118 valence electrons. The van der Waals surface area contributed by atoms with Gasteiger partial charge in [0, 0.05) is 12.5 Å². The molecule has 6 heteroatoms. The van der Waals surface area contributed by atoms with Crippen LogP contribution in [0.25, 0.3) is 0 Å². The lowest BCUT2D eigenvalue weighted by atomic mass is 10.1. The van der Waals surface area contributed by atoms with Crippen molar-refractivity contribution in [2.45, 2.75) is 27.7 Å². The molecule has 0 aliphatic heterocycles. The highest BCUT2D eigenvalue weighted by molar-refractivity contribution is 7.92. The predicted octanol–water partition coefficient (Wildman–Crippen LogP) is 1.84. The average Bonchev–Trinajstić information content (AvgIpc) is 2.34. The summed E-state index contributed by atoms with van der Waals surface area (Å²) in [6, 6.07) is 5.66. The van der Waals surface area contributed by atoms with Gasteiger partial charge in [0.15, 0.2) is 0 Å². The molecule has 0 aliphatic rings. The monoisotopic (exact) mass is 312 g/mol. The van der Waals surface area contributed by atoms with Crippen molar-refractivity contribution in [3.63, 3.8) is 0 Å². The number of nitrogens with zero attached hydrogens (tertiary/aromatic N) is 1. The second-order valence-electron chi connectivity index (χ2n) is 5.52. The smallest absolute Gasteiger partial charge is 0.232 e. The zero-order valence-corrected chi connectivity index (χ0v) is 14.1. The van der Waals surface area contributed by atoms with Gasteiger partial charge < -0.3 is 5.32 Å². The number of rotatable bonds is 6. The lowest BCUT2D eigenvalue weighted by molar-refractivity contribution is -0.123. The molecule has 0 fully saturated rings. The number of hydrogen-bond acceptors (Lipinski definition) is 3. The fourth-order valence-corrected chi connectivity index (χ4v) is 3.17. The molecule has 0 aliphatic carbocycles. The highest BCUT2D eigenvalue weighted by Gasteiger charge is 2.21. The van der Waals surface area contributed by atoms with E-state index in [-0.39, 0.29) is 24.9 Å². The van der Waals surface area contributed by atoms with E-state index < -0.39 is 10.0 Å². The van der Waals surface area contributed by atoms with Gasteiger partial charge in [-0.1, -0.05) is 32.0 Å². The molecule has 0 radical (unpaired) electrons. The van der Waals surface area contributed by atoms with Crippen LogP contribution in [0.3, 0.4) is 0 Å². The highest BCUT2D eigenvalue weighted by atomic mass is 32.2. The SMILES string of the molecule is Cc1cccc(C)c1N(CCNC(=O)C(C)C)S(C)(=O)=O. The molecule has 0 aromatic heterocycles. The molecule has 1 aromatic carbocycles. The van der Waals surface area contributed by atoms with Gasteiger partial charge in [-0.25, -0.2) is 8.42 Å². The first kappa shape index (κ1) is 17.5. The molecule has 0 spiro atoms. The number of sulfonamides is 1. The van der Waals surface area contributed by atoms with Crippen molar-refractivity contribution in [3.05, 3.63) is 29.3 Å². The first-order valence-electron chi connectivity index (χ1n) is 6.96. The Morgan fingerprint density at radius 1 is 1.24 bits per heavy atom. The maximum Gasteiger partial charge on any atom is 0.232 e. The van der Waals surface area contributed by atoms with E-state index in [4.69, 9.17) is 0 Å². The van der Waals surface area contributed by atoms with Crippen LogP contribution in [-0.4, -0.2) is 33.7 Å². The molecule has 0 saturated carbocycles. The third kappa shape index (κ3) is 4.74. The Labute approximate surface area is 127 Å². The molecule has 0 unspecified atom stereocenters. The summed E-state index contributed by atoms with van der Waals surface area (Å²) in [6.45, 7) is 7.88. The van der Waals surface area contributed by atoms with E-state index in [1.165, 1.54) is 10.6 Å². The minimum atomic E-state index is -3.40. The summed E-state index contributed by atoms with van der Waals surface area (Å²) >= 11 is 0. The third-order valence-electron chi connectivity index (χ3n) is 3.23. The number of anilines is 1. The zero-order chi connectivity index (χ0) is 16.2. The van der Waals surface area contributed by atoms with Gasteiger partial charge in [0.1, 0.15) is 0 Å². The van der Waals surface area contributed by atoms with Crippen LogP contribution < -0.4 is 9.62 Å². The number of carbonyl (C=O) groups excluding carboxylic acids is 1. The van der Waals surface area contributed by atoms with Gasteiger partial charge in [-0.05, 0) is 25.0 Å². The van der Waals surface area contributed by atoms with Gasteiger partial charge >= 0.3 is 0 Å². The van der Waals surface area contributed by atoms with Gasteiger partial charge in [0.25, 0.3) is 0 Å². The number of benzene rings is 1. The van der Waals surface area contributed by atoms with Gasteiger partial charge in [0.2, 0.25) is 15.9 Å². The summed E-state index contributed by atoms with van der Waals surface area (Å²) in [5.74, 6) is -0.193. The van der Waals surface area contributed by atoms with Crippen LogP contribution in [0.2, 0.25) is 0 Å². The van der Waals surface area contributed by atoms with Crippen molar-refractivity contribution in [2.75, 3.05) is 23.7 Å². The van der Waals surface area contributed by atoms with E-state index in [0.717, 1.165) is 11.1 Å². The Balaban J connectivity index is 2.96. The Morgan fingerprint density at radius 3 is 2.19 bits per heavy atom. The number of aryl methyl sites for hydroxylation is 2. The van der Waals surface area contributed by atoms with E-state index >= 15 is 0 Å². The van der Waals surface area contributed by atoms with Gasteiger partial charge in [-0.3, -0.25) is 9.10 Å². The maximum absolute atomic E-state index is 12.1. The Morgan fingerprint density at radius 2 is 1.76 bits per heavy atom.